The van der Waals surface area contributed by atoms with Crippen molar-refractivity contribution in [1.82, 2.24) is 14.5 Å². The van der Waals surface area contributed by atoms with Gasteiger partial charge in [0.2, 0.25) is 11.5 Å². The van der Waals surface area contributed by atoms with Crippen molar-refractivity contribution in [1.29, 1.82) is 0 Å². The zero-order valence-electron chi connectivity index (χ0n) is 12.4. The molecule has 1 atom stereocenters. The summed E-state index contributed by atoms with van der Waals surface area (Å²) in [6.45, 7) is 1.78. The minimum atomic E-state index is -5.07. The Balaban J connectivity index is 2.23. The minimum Gasteiger partial charge on any atom is -0.374 e. The van der Waals surface area contributed by atoms with Crippen LogP contribution in [0.4, 0.5) is 19.0 Å². The van der Waals surface area contributed by atoms with E-state index in [0.29, 0.717) is 0 Å². The van der Waals surface area contributed by atoms with Crippen molar-refractivity contribution in [3.8, 4) is 0 Å². The van der Waals surface area contributed by atoms with Crippen LogP contribution in [0.3, 0.4) is 0 Å². The number of anilines is 1. The van der Waals surface area contributed by atoms with E-state index in [4.69, 9.17) is 0 Å². The Bertz CT molecular complexity index is 697. The van der Waals surface area contributed by atoms with Gasteiger partial charge in [0.25, 0.3) is 0 Å². The second-order valence-corrected chi connectivity index (χ2v) is 5.17. The fourth-order valence-electron chi connectivity index (χ4n) is 2.03. The average Bonchev–Trinajstić information content (AvgIpc) is 2.86. The molecule has 0 saturated heterocycles. The SMILES string of the molecule is Cc1ccc(NC(=O)CC(O)(c2nccn2C)C(F)(F)F)nc1. The van der Waals surface area contributed by atoms with Crippen LogP contribution in [0.5, 0.6) is 0 Å². The highest BCUT2D eigenvalue weighted by atomic mass is 19.4. The molecule has 2 aromatic heterocycles. The lowest BCUT2D eigenvalue weighted by Gasteiger charge is -2.29. The van der Waals surface area contributed by atoms with Crippen LogP contribution in [-0.4, -0.2) is 31.7 Å². The second-order valence-electron chi connectivity index (χ2n) is 5.17. The van der Waals surface area contributed by atoms with Crippen LogP contribution in [-0.2, 0) is 17.4 Å². The van der Waals surface area contributed by atoms with Crippen molar-refractivity contribution < 1.29 is 23.1 Å². The number of carbonyl (C=O) groups is 1. The Morgan fingerprint density at radius 1 is 1.35 bits per heavy atom. The number of pyridine rings is 1. The molecule has 0 spiro atoms. The maximum absolute atomic E-state index is 13.3. The highest BCUT2D eigenvalue weighted by Crippen LogP contribution is 2.40. The second kappa shape index (κ2) is 5.99. The van der Waals surface area contributed by atoms with Crippen LogP contribution in [0.2, 0.25) is 0 Å². The Hall–Kier alpha value is -2.42. The van der Waals surface area contributed by atoms with E-state index in [1.807, 2.05) is 0 Å². The number of alkyl halides is 3. The summed E-state index contributed by atoms with van der Waals surface area (Å²) < 4.78 is 40.9. The minimum absolute atomic E-state index is 0.102. The van der Waals surface area contributed by atoms with Gasteiger partial charge < -0.3 is 15.0 Å². The third-order valence-electron chi connectivity index (χ3n) is 3.26. The van der Waals surface area contributed by atoms with Gasteiger partial charge in [-0.15, -0.1) is 0 Å². The third-order valence-corrected chi connectivity index (χ3v) is 3.26. The highest BCUT2D eigenvalue weighted by molar-refractivity contribution is 5.90. The number of nitrogens with one attached hydrogen (secondary N) is 1. The van der Waals surface area contributed by atoms with Crippen molar-refractivity contribution in [2.24, 2.45) is 7.05 Å². The van der Waals surface area contributed by atoms with Crippen LogP contribution in [0.1, 0.15) is 17.8 Å². The van der Waals surface area contributed by atoms with E-state index in [9.17, 15) is 23.1 Å². The molecule has 1 unspecified atom stereocenters. The molecule has 0 saturated carbocycles. The molecule has 23 heavy (non-hydrogen) atoms. The summed E-state index contributed by atoms with van der Waals surface area (Å²) in [4.78, 5) is 19.3. The Labute approximate surface area is 130 Å². The van der Waals surface area contributed by atoms with Gasteiger partial charge in [-0.25, -0.2) is 9.97 Å². The smallest absolute Gasteiger partial charge is 0.374 e. The number of hydrogen-bond acceptors (Lipinski definition) is 4. The Kier molecular flexibility index (Phi) is 4.42. The first-order valence-corrected chi connectivity index (χ1v) is 6.63. The van der Waals surface area contributed by atoms with Crippen molar-refractivity contribution in [2.45, 2.75) is 25.1 Å². The molecule has 0 aliphatic heterocycles. The number of aryl methyl sites for hydroxylation is 2. The molecule has 2 rings (SSSR count). The van der Waals surface area contributed by atoms with Crippen molar-refractivity contribution in [2.75, 3.05) is 5.32 Å². The molecule has 2 heterocycles. The number of rotatable bonds is 4. The van der Waals surface area contributed by atoms with Gasteiger partial charge in [-0.3, -0.25) is 4.79 Å². The summed E-state index contributed by atoms with van der Waals surface area (Å²) in [6, 6.07) is 3.11. The number of halogens is 3. The third kappa shape index (κ3) is 3.50. The van der Waals surface area contributed by atoms with Gasteiger partial charge in [0.1, 0.15) is 5.82 Å². The van der Waals surface area contributed by atoms with Crippen LogP contribution in [0.25, 0.3) is 0 Å². The zero-order valence-corrected chi connectivity index (χ0v) is 12.4. The monoisotopic (exact) mass is 328 g/mol. The Morgan fingerprint density at radius 2 is 2.04 bits per heavy atom. The predicted molar refractivity (Wildman–Crippen MR) is 75.4 cm³/mol. The van der Waals surface area contributed by atoms with Crippen LogP contribution in [0, 0.1) is 6.92 Å². The molecule has 2 N–H and O–H groups in total. The lowest BCUT2D eigenvalue weighted by molar-refractivity contribution is -0.270. The molecule has 1 amide bonds. The molecule has 9 heteroatoms. The summed E-state index contributed by atoms with van der Waals surface area (Å²) >= 11 is 0. The van der Waals surface area contributed by atoms with Gasteiger partial charge in [-0.05, 0) is 18.6 Å². The van der Waals surface area contributed by atoms with E-state index in [1.54, 1.807) is 13.0 Å². The molecular formula is C14H15F3N4O2. The lowest BCUT2D eigenvalue weighted by Crippen LogP contribution is -2.46. The number of nitrogens with zero attached hydrogens (tertiary/aromatic N) is 3. The lowest BCUT2D eigenvalue weighted by atomic mass is 9.97. The number of carbonyl (C=O) groups excluding carboxylic acids is 1. The van der Waals surface area contributed by atoms with Gasteiger partial charge in [-0.2, -0.15) is 13.2 Å². The molecule has 0 bridgehead atoms. The maximum Gasteiger partial charge on any atom is 0.425 e. The summed E-state index contributed by atoms with van der Waals surface area (Å²) in [7, 11) is 1.30. The molecule has 0 fully saturated rings. The van der Waals surface area contributed by atoms with E-state index in [0.717, 1.165) is 16.3 Å². The van der Waals surface area contributed by atoms with Crippen molar-refractivity contribution >= 4 is 11.7 Å². The largest absolute Gasteiger partial charge is 0.425 e. The summed E-state index contributed by atoms with van der Waals surface area (Å²) in [6.07, 6.45) is -2.46. The van der Waals surface area contributed by atoms with Gasteiger partial charge >= 0.3 is 6.18 Å². The topological polar surface area (TPSA) is 80.0 Å². The molecule has 0 aliphatic carbocycles. The molecule has 0 aromatic carbocycles. The predicted octanol–water partition coefficient (Wildman–Crippen LogP) is 1.90. The quantitative estimate of drug-likeness (QED) is 0.898. The fourth-order valence-corrected chi connectivity index (χ4v) is 2.03. The van der Waals surface area contributed by atoms with Crippen LogP contribution < -0.4 is 5.32 Å². The first kappa shape index (κ1) is 16.9. The van der Waals surface area contributed by atoms with Crippen molar-refractivity contribution in [3.63, 3.8) is 0 Å². The van der Waals surface area contributed by atoms with E-state index >= 15 is 0 Å². The number of amides is 1. The van der Waals surface area contributed by atoms with Crippen LogP contribution >= 0.6 is 0 Å². The number of imidazole rings is 1. The molecule has 0 radical (unpaired) electrons. The van der Waals surface area contributed by atoms with E-state index < -0.39 is 29.9 Å². The summed E-state index contributed by atoms with van der Waals surface area (Å²) in [5.41, 5.74) is -2.55. The van der Waals surface area contributed by atoms with Gasteiger partial charge in [0, 0.05) is 25.6 Å². The molecular weight excluding hydrogens is 313 g/mol. The number of aromatic nitrogens is 3. The first-order chi connectivity index (χ1) is 10.6. The first-order valence-electron chi connectivity index (χ1n) is 6.63. The maximum atomic E-state index is 13.3. The standard InChI is InChI=1S/C14H15F3N4O2/c1-9-3-4-10(19-8-9)20-11(22)7-13(23,14(15,16)17)12-18-5-6-21(12)2/h3-6,8,23H,7H2,1-2H3,(H,19,20,22). The number of hydrogen-bond donors (Lipinski definition) is 2. The summed E-state index contributed by atoms with van der Waals surface area (Å²) in [5, 5.41) is 12.3. The van der Waals surface area contributed by atoms with Gasteiger partial charge in [-0.1, -0.05) is 6.07 Å². The normalized spacial score (nSPS) is 14.3. The van der Waals surface area contributed by atoms with E-state index in [2.05, 4.69) is 15.3 Å². The fraction of sp³-hybridized carbons (Fsp3) is 0.357. The Morgan fingerprint density at radius 3 is 2.52 bits per heavy atom. The van der Waals surface area contributed by atoms with E-state index in [-0.39, 0.29) is 5.82 Å². The zero-order chi connectivity index (χ0) is 17.3. The molecule has 124 valence electrons. The molecule has 0 aliphatic rings. The van der Waals surface area contributed by atoms with Gasteiger partial charge in [0.15, 0.2) is 5.82 Å². The summed E-state index contributed by atoms with van der Waals surface area (Å²) in [5.74, 6) is -1.58. The van der Waals surface area contributed by atoms with E-state index in [1.165, 1.54) is 25.5 Å². The highest BCUT2D eigenvalue weighted by Gasteiger charge is 2.58. The molecule has 2 aromatic rings. The van der Waals surface area contributed by atoms with Crippen molar-refractivity contribution in [3.05, 3.63) is 42.1 Å². The molecule has 6 nitrogen and oxygen atoms in total. The van der Waals surface area contributed by atoms with Crippen LogP contribution in [0.15, 0.2) is 30.7 Å². The number of aliphatic hydroxyl groups is 1. The van der Waals surface area contributed by atoms with Gasteiger partial charge in [0.05, 0.1) is 6.42 Å². The average molecular weight is 328 g/mol.